The predicted molar refractivity (Wildman–Crippen MR) is 52.8 cm³/mol. The van der Waals surface area contributed by atoms with E-state index in [4.69, 9.17) is 0 Å². The van der Waals surface area contributed by atoms with Gasteiger partial charge in [0.05, 0.1) is 18.3 Å². The Morgan fingerprint density at radius 3 is 3.07 bits per heavy atom. The topological polar surface area (TPSA) is 54.3 Å². The summed E-state index contributed by atoms with van der Waals surface area (Å²) < 4.78 is 1.71. The molecule has 0 N–H and O–H groups in total. The lowest BCUT2D eigenvalue weighted by Gasteiger charge is -2.20. The van der Waals surface area contributed by atoms with Crippen molar-refractivity contribution < 1.29 is 4.79 Å². The number of rotatable bonds is 1. The van der Waals surface area contributed by atoms with Crippen molar-refractivity contribution in [3.63, 3.8) is 0 Å². The number of aromatic nitrogens is 3. The lowest BCUT2D eigenvalue weighted by atomic mass is 10.2. The number of amides is 2. The van der Waals surface area contributed by atoms with Crippen molar-refractivity contribution >= 4 is 11.7 Å². The highest BCUT2D eigenvalue weighted by molar-refractivity contribution is 5.80. The first kappa shape index (κ1) is 8.46. The first-order valence-corrected chi connectivity index (χ1v) is 4.83. The fourth-order valence-corrected chi connectivity index (χ4v) is 2.06. The largest absolute Gasteiger partial charge is 0.320 e. The van der Waals surface area contributed by atoms with E-state index in [0.29, 0.717) is 6.54 Å². The fraction of sp³-hybridized carbons (Fsp3) is 0.444. The Morgan fingerprint density at radius 2 is 2.40 bits per heavy atom. The first-order valence-electron chi connectivity index (χ1n) is 4.83. The summed E-state index contributed by atoms with van der Waals surface area (Å²) in [5.41, 5.74) is 1.02. The summed E-state index contributed by atoms with van der Waals surface area (Å²) in [6.07, 6.45) is 5.23. The number of likely N-dealkylation sites (N-methyl/N-ethyl adjacent to an activating group) is 1. The van der Waals surface area contributed by atoms with Gasteiger partial charge in [-0.25, -0.2) is 14.5 Å². The molecule has 1 unspecified atom stereocenters. The maximum absolute atomic E-state index is 11.7. The third kappa shape index (κ3) is 1.14. The Kier molecular flexibility index (Phi) is 1.59. The van der Waals surface area contributed by atoms with Crippen LogP contribution in [0.4, 0.5) is 4.79 Å². The molecule has 2 bridgehead atoms. The van der Waals surface area contributed by atoms with Crippen LogP contribution in [-0.4, -0.2) is 56.8 Å². The SMILES string of the molecule is CN1C(=O)N2CC(n3cncn3)=CC1C2. The van der Waals surface area contributed by atoms with Crippen molar-refractivity contribution in [1.82, 2.24) is 24.6 Å². The number of nitrogens with zero attached hydrogens (tertiary/aromatic N) is 5. The minimum Gasteiger partial charge on any atom is -0.319 e. The molecule has 3 rings (SSSR count). The molecule has 2 aliphatic rings. The molecule has 6 heteroatoms. The Hall–Kier alpha value is -1.85. The summed E-state index contributed by atoms with van der Waals surface area (Å²) in [6, 6.07) is 0.261. The number of hydrogen-bond donors (Lipinski definition) is 0. The minimum atomic E-state index is 0.0892. The molecule has 1 aromatic rings. The average molecular weight is 205 g/mol. The zero-order valence-corrected chi connectivity index (χ0v) is 8.37. The van der Waals surface area contributed by atoms with E-state index in [0.717, 1.165) is 12.2 Å². The molecule has 1 saturated heterocycles. The molecule has 1 atom stereocenters. The molecule has 3 heterocycles. The van der Waals surface area contributed by atoms with Crippen LogP contribution in [0, 0.1) is 0 Å². The zero-order valence-electron chi connectivity index (χ0n) is 8.37. The van der Waals surface area contributed by atoms with Gasteiger partial charge >= 0.3 is 6.03 Å². The van der Waals surface area contributed by atoms with Crippen LogP contribution in [-0.2, 0) is 0 Å². The maximum atomic E-state index is 11.7. The van der Waals surface area contributed by atoms with Crippen molar-refractivity contribution in [2.24, 2.45) is 0 Å². The molecule has 0 aliphatic carbocycles. The van der Waals surface area contributed by atoms with Crippen molar-refractivity contribution in [3.8, 4) is 0 Å². The Balaban J connectivity index is 1.96. The molecule has 78 valence electrons. The lowest BCUT2D eigenvalue weighted by molar-refractivity contribution is 0.201. The van der Waals surface area contributed by atoms with Crippen LogP contribution in [0.3, 0.4) is 0 Å². The molecule has 2 aliphatic heterocycles. The van der Waals surface area contributed by atoms with Gasteiger partial charge in [-0.1, -0.05) is 0 Å². The molecule has 2 amide bonds. The van der Waals surface area contributed by atoms with Crippen LogP contribution in [0.1, 0.15) is 0 Å². The van der Waals surface area contributed by atoms with Gasteiger partial charge in [-0.05, 0) is 6.08 Å². The van der Waals surface area contributed by atoms with Crippen LogP contribution in [0.2, 0.25) is 0 Å². The molecule has 1 aromatic heterocycles. The Morgan fingerprint density at radius 1 is 1.53 bits per heavy atom. The fourth-order valence-electron chi connectivity index (χ4n) is 2.06. The van der Waals surface area contributed by atoms with Gasteiger partial charge in [-0.3, -0.25) is 0 Å². The second kappa shape index (κ2) is 2.82. The van der Waals surface area contributed by atoms with Gasteiger partial charge in [0, 0.05) is 13.6 Å². The molecule has 0 radical (unpaired) electrons. The van der Waals surface area contributed by atoms with Crippen LogP contribution < -0.4 is 0 Å². The number of carbonyl (C=O) groups excluding carboxylic acids is 1. The summed E-state index contributed by atoms with van der Waals surface area (Å²) in [7, 11) is 1.83. The van der Waals surface area contributed by atoms with E-state index in [1.165, 1.54) is 6.33 Å². The molecular weight excluding hydrogens is 194 g/mol. The van der Waals surface area contributed by atoms with Crippen molar-refractivity contribution in [2.75, 3.05) is 20.1 Å². The highest BCUT2D eigenvalue weighted by Crippen LogP contribution is 2.24. The maximum Gasteiger partial charge on any atom is 0.320 e. The van der Waals surface area contributed by atoms with Crippen molar-refractivity contribution in [2.45, 2.75) is 6.04 Å². The quantitative estimate of drug-likeness (QED) is 0.641. The van der Waals surface area contributed by atoms with Gasteiger partial charge < -0.3 is 9.80 Å². The standard InChI is InChI=1S/C9H11N5O/c1-12-7-2-8(14-6-10-5-11-14)4-13(3-7)9(12)15/h2,5-7H,3-4H2,1H3. The summed E-state index contributed by atoms with van der Waals surface area (Å²) in [5, 5.41) is 4.07. The van der Waals surface area contributed by atoms with Gasteiger partial charge in [0.15, 0.2) is 0 Å². The summed E-state index contributed by atoms with van der Waals surface area (Å²) >= 11 is 0. The summed E-state index contributed by atoms with van der Waals surface area (Å²) in [5.74, 6) is 0. The second-order valence-corrected chi connectivity index (χ2v) is 3.84. The van der Waals surface area contributed by atoms with E-state index in [-0.39, 0.29) is 12.1 Å². The zero-order chi connectivity index (χ0) is 10.4. The Labute approximate surface area is 86.8 Å². The molecule has 0 aromatic carbocycles. The monoisotopic (exact) mass is 205 g/mol. The van der Waals surface area contributed by atoms with E-state index in [1.807, 2.05) is 11.9 Å². The van der Waals surface area contributed by atoms with E-state index in [2.05, 4.69) is 16.2 Å². The normalized spacial score (nSPS) is 24.7. The smallest absolute Gasteiger partial charge is 0.319 e. The molecule has 6 nitrogen and oxygen atoms in total. The lowest BCUT2D eigenvalue weighted by Crippen LogP contribution is -2.31. The van der Waals surface area contributed by atoms with Gasteiger partial charge in [-0.15, -0.1) is 0 Å². The van der Waals surface area contributed by atoms with Crippen molar-refractivity contribution in [1.29, 1.82) is 0 Å². The summed E-state index contributed by atoms with van der Waals surface area (Å²) in [6.45, 7) is 1.40. The van der Waals surface area contributed by atoms with E-state index in [9.17, 15) is 4.79 Å². The van der Waals surface area contributed by atoms with Gasteiger partial charge in [0.25, 0.3) is 0 Å². The minimum absolute atomic E-state index is 0.0892. The number of fused-ring (bicyclic) bond motifs is 2. The molecular formula is C9H11N5O. The average Bonchev–Trinajstić information content (AvgIpc) is 2.84. The van der Waals surface area contributed by atoms with Crippen LogP contribution in [0.5, 0.6) is 0 Å². The number of urea groups is 1. The number of carbonyl (C=O) groups is 1. The van der Waals surface area contributed by atoms with Gasteiger partial charge in [0.2, 0.25) is 0 Å². The van der Waals surface area contributed by atoms with Gasteiger partial charge in [0.1, 0.15) is 12.7 Å². The molecule has 15 heavy (non-hydrogen) atoms. The van der Waals surface area contributed by atoms with E-state index >= 15 is 0 Å². The predicted octanol–water partition coefficient (Wildman–Crippen LogP) is -0.131. The van der Waals surface area contributed by atoms with Gasteiger partial charge in [-0.2, -0.15) is 5.10 Å². The second-order valence-electron chi connectivity index (χ2n) is 3.84. The van der Waals surface area contributed by atoms with Crippen LogP contribution in [0.15, 0.2) is 18.7 Å². The highest BCUT2D eigenvalue weighted by atomic mass is 16.2. The Bertz CT molecular complexity index is 424. The van der Waals surface area contributed by atoms with E-state index in [1.54, 1.807) is 15.9 Å². The summed E-state index contributed by atoms with van der Waals surface area (Å²) in [4.78, 5) is 19.2. The van der Waals surface area contributed by atoms with Crippen molar-refractivity contribution in [3.05, 3.63) is 18.7 Å². The third-order valence-corrected chi connectivity index (χ3v) is 2.93. The first-order chi connectivity index (χ1) is 7.25. The molecule has 0 spiro atoms. The number of hydrogen-bond acceptors (Lipinski definition) is 3. The van der Waals surface area contributed by atoms with Crippen LogP contribution in [0.25, 0.3) is 5.70 Å². The highest BCUT2D eigenvalue weighted by Gasteiger charge is 2.37. The molecule has 1 fully saturated rings. The molecule has 0 saturated carbocycles. The third-order valence-electron chi connectivity index (χ3n) is 2.93. The van der Waals surface area contributed by atoms with Crippen LogP contribution >= 0.6 is 0 Å². The van der Waals surface area contributed by atoms with E-state index < -0.39 is 0 Å².